The van der Waals surface area contributed by atoms with E-state index in [2.05, 4.69) is 19.9 Å². The summed E-state index contributed by atoms with van der Waals surface area (Å²) >= 11 is 0. The van der Waals surface area contributed by atoms with Crippen molar-refractivity contribution in [2.45, 2.75) is 32.2 Å². The third kappa shape index (κ3) is 2.14. The van der Waals surface area contributed by atoms with Crippen LogP contribution in [0.25, 0.3) is 0 Å². The zero-order valence-corrected chi connectivity index (χ0v) is 9.12. The summed E-state index contributed by atoms with van der Waals surface area (Å²) < 4.78 is 0. The first kappa shape index (κ1) is 11.2. The van der Waals surface area contributed by atoms with E-state index in [0.29, 0.717) is 5.92 Å². The summed E-state index contributed by atoms with van der Waals surface area (Å²) in [6.45, 7) is 6.09. The Morgan fingerprint density at radius 3 is 2.43 bits per heavy atom. The van der Waals surface area contributed by atoms with E-state index >= 15 is 0 Å². The number of aliphatic hydroxyl groups excluding tert-OH is 1. The van der Waals surface area contributed by atoms with Crippen LogP contribution in [0, 0.1) is 0 Å². The van der Waals surface area contributed by atoms with Gasteiger partial charge in [-0.3, -0.25) is 0 Å². The molecule has 0 amide bonds. The van der Waals surface area contributed by atoms with E-state index in [1.807, 2.05) is 25.1 Å². The van der Waals surface area contributed by atoms with Crippen LogP contribution in [0.3, 0.4) is 0 Å². The van der Waals surface area contributed by atoms with Crippen molar-refractivity contribution in [3.63, 3.8) is 0 Å². The molecular formula is C12H19NO. The average molecular weight is 193 g/mol. The molecule has 14 heavy (non-hydrogen) atoms. The molecule has 0 heterocycles. The summed E-state index contributed by atoms with van der Waals surface area (Å²) in [5, 5.41) is 9.23. The Labute approximate surface area is 85.8 Å². The number of aliphatic hydroxyl groups is 1. The van der Waals surface area contributed by atoms with Crippen LogP contribution in [-0.4, -0.2) is 11.7 Å². The maximum Gasteiger partial charge on any atom is 0.0650 e. The van der Waals surface area contributed by atoms with Crippen LogP contribution in [0.15, 0.2) is 24.3 Å². The van der Waals surface area contributed by atoms with E-state index in [1.165, 1.54) is 5.56 Å². The van der Waals surface area contributed by atoms with Gasteiger partial charge in [0, 0.05) is 0 Å². The topological polar surface area (TPSA) is 46.2 Å². The number of nitrogens with two attached hydrogens (primary N) is 1. The molecule has 0 aliphatic rings. The minimum Gasteiger partial charge on any atom is -0.394 e. The van der Waals surface area contributed by atoms with Gasteiger partial charge < -0.3 is 10.8 Å². The highest BCUT2D eigenvalue weighted by atomic mass is 16.3. The first-order valence-electron chi connectivity index (χ1n) is 4.98. The molecule has 0 saturated heterocycles. The fourth-order valence-corrected chi connectivity index (χ4v) is 1.61. The third-order valence-corrected chi connectivity index (χ3v) is 2.53. The molecule has 0 fully saturated rings. The van der Waals surface area contributed by atoms with Gasteiger partial charge in [0.25, 0.3) is 0 Å². The van der Waals surface area contributed by atoms with Gasteiger partial charge in [0.1, 0.15) is 0 Å². The van der Waals surface area contributed by atoms with Gasteiger partial charge in [0.05, 0.1) is 12.1 Å². The van der Waals surface area contributed by atoms with Crippen LogP contribution >= 0.6 is 0 Å². The van der Waals surface area contributed by atoms with Crippen LogP contribution in [0.2, 0.25) is 0 Å². The van der Waals surface area contributed by atoms with Gasteiger partial charge in [-0.15, -0.1) is 0 Å². The predicted molar refractivity (Wildman–Crippen MR) is 59.2 cm³/mol. The molecule has 2 nitrogen and oxygen atoms in total. The maximum atomic E-state index is 9.23. The van der Waals surface area contributed by atoms with Crippen molar-refractivity contribution in [3.8, 4) is 0 Å². The minimum absolute atomic E-state index is 0.0310. The van der Waals surface area contributed by atoms with Crippen LogP contribution in [0.1, 0.15) is 37.8 Å². The molecule has 1 rings (SSSR count). The van der Waals surface area contributed by atoms with E-state index in [-0.39, 0.29) is 6.61 Å². The summed E-state index contributed by atoms with van der Waals surface area (Å²) in [5.74, 6) is 0.431. The van der Waals surface area contributed by atoms with Gasteiger partial charge in [-0.25, -0.2) is 0 Å². The van der Waals surface area contributed by atoms with Crippen molar-refractivity contribution in [2.75, 3.05) is 6.61 Å². The summed E-state index contributed by atoms with van der Waals surface area (Å²) in [5.41, 5.74) is 7.64. The lowest BCUT2D eigenvalue weighted by molar-refractivity contribution is 0.209. The van der Waals surface area contributed by atoms with Gasteiger partial charge >= 0.3 is 0 Å². The van der Waals surface area contributed by atoms with Gasteiger partial charge in [-0.05, 0) is 24.0 Å². The molecular weight excluding hydrogens is 174 g/mol. The Kier molecular flexibility index (Phi) is 3.29. The Balaban J connectivity index is 3.20. The molecule has 0 aliphatic heterocycles. The Morgan fingerprint density at radius 1 is 1.36 bits per heavy atom. The highest BCUT2D eigenvalue weighted by Crippen LogP contribution is 2.26. The highest BCUT2D eigenvalue weighted by molar-refractivity contribution is 5.35. The van der Waals surface area contributed by atoms with Crippen molar-refractivity contribution >= 4 is 0 Å². The summed E-state index contributed by atoms with van der Waals surface area (Å²) in [6, 6.07) is 8.03. The monoisotopic (exact) mass is 193 g/mol. The van der Waals surface area contributed by atoms with Crippen molar-refractivity contribution in [1.82, 2.24) is 0 Å². The minimum atomic E-state index is -0.638. The first-order valence-corrected chi connectivity index (χ1v) is 4.98. The SMILES string of the molecule is CC(C)c1ccccc1C(C)(N)CO. The molecule has 0 radical (unpaired) electrons. The van der Waals surface area contributed by atoms with Gasteiger partial charge in [0.2, 0.25) is 0 Å². The molecule has 0 saturated carbocycles. The number of benzene rings is 1. The maximum absolute atomic E-state index is 9.23. The molecule has 2 heteroatoms. The second-order valence-corrected chi connectivity index (χ2v) is 4.32. The third-order valence-electron chi connectivity index (χ3n) is 2.53. The van der Waals surface area contributed by atoms with Gasteiger partial charge in [0.15, 0.2) is 0 Å². The summed E-state index contributed by atoms with van der Waals surface area (Å²) in [4.78, 5) is 0. The molecule has 1 atom stereocenters. The first-order chi connectivity index (χ1) is 6.49. The molecule has 1 unspecified atom stereocenters. The van der Waals surface area contributed by atoms with Crippen LogP contribution in [0.5, 0.6) is 0 Å². The van der Waals surface area contributed by atoms with Crippen LogP contribution < -0.4 is 5.73 Å². The Bertz CT molecular complexity index is 305. The van der Waals surface area contributed by atoms with Crippen LogP contribution in [-0.2, 0) is 5.54 Å². The summed E-state index contributed by atoms with van der Waals surface area (Å²) in [7, 11) is 0. The number of hydrogen-bond donors (Lipinski definition) is 2. The average Bonchev–Trinajstić information content (AvgIpc) is 2.18. The zero-order valence-electron chi connectivity index (χ0n) is 9.12. The quantitative estimate of drug-likeness (QED) is 0.771. The molecule has 0 spiro atoms. The highest BCUT2D eigenvalue weighted by Gasteiger charge is 2.23. The molecule has 1 aromatic rings. The number of rotatable bonds is 3. The van der Waals surface area contributed by atoms with E-state index in [0.717, 1.165) is 5.56 Å². The van der Waals surface area contributed by atoms with E-state index in [1.54, 1.807) is 0 Å². The van der Waals surface area contributed by atoms with Gasteiger partial charge in [-0.1, -0.05) is 38.1 Å². The predicted octanol–water partition coefficient (Wildman–Crippen LogP) is 1.98. The largest absolute Gasteiger partial charge is 0.394 e. The smallest absolute Gasteiger partial charge is 0.0650 e. The summed E-state index contributed by atoms with van der Waals surface area (Å²) in [6.07, 6.45) is 0. The van der Waals surface area contributed by atoms with Crippen molar-refractivity contribution in [1.29, 1.82) is 0 Å². The lowest BCUT2D eigenvalue weighted by atomic mass is 9.85. The molecule has 0 aromatic heterocycles. The van der Waals surface area contributed by atoms with E-state index < -0.39 is 5.54 Å². The molecule has 0 aliphatic carbocycles. The Hall–Kier alpha value is -0.860. The second-order valence-electron chi connectivity index (χ2n) is 4.32. The van der Waals surface area contributed by atoms with E-state index in [4.69, 9.17) is 5.73 Å². The Morgan fingerprint density at radius 2 is 1.93 bits per heavy atom. The lowest BCUT2D eigenvalue weighted by Crippen LogP contribution is -2.38. The lowest BCUT2D eigenvalue weighted by Gasteiger charge is -2.26. The van der Waals surface area contributed by atoms with Crippen LogP contribution in [0.4, 0.5) is 0 Å². The molecule has 0 bridgehead atoms. The van der Waals surface area contributed by atoms with E-state index in [9.17, 15) is 5.11 Å². The van der Waals surface area contributed by atoms with Crippen molar-refractivity contribution in [3.05, 3.63) is 35.4 Å². The second kappa shape index (κ2) is 4.11. The molecule has 1 aromatic carbocycles. The van der Waals surface area contributed by atoms with Crippen molar-refractivity contribution in [2.24, 2.45) is 5.73 Å². The molecule has 78 valence electrons. The fraction of sp³-hybridized carbons (Fsp3) is 0.500. The van der Waals surface area contributed by atoms with Gasteiger partial charge in [-0.2, -0.15) is 0 Å². The fourth-order valence-electron chi connectivity index (χ4n) is 1.61. The number of hydrogen-bond acceptors (Lipinski definition) is 2. The normalized spacial score (nSPS) is 15.6. The zero-order chi connectivity index (χ0) is 10.8. The standard InChI is InChI=1S/C12H19NO/c1-9(2)10-6-4-5-7-11(10)12(3,13)8-14/h4-7,9,14H,8,13H2,1-3H3. The van der Waals surface area contributed by atoms with Crippen molar-refractivity contribution < 1.29 is 5.11 Å². The molecule has 3 N–H and O–H groups in total.